The number of benzene rings is 1. The number of pyridine rings is 1. The normalized spacial score (nSPS) is 11.1. The molecule has 0 saturated heterocycles. The molecule has 140 valence electrons. The highest BCUT2D eigenvalue weighted by Gasteiger charge is 2.23. The number of aromatic nitrogens is 2. The summed E-state index contributed by atoms with van der Waals surface area (Å²) in [6, 6.07) is 4.03. The van der Waals surface area contributed by atoms with E-state index >= 15 is 0 Å². The minimum absolute atomic E-state index is 0.0629. The lowest BCUT2D eigenvalue weighted by molar-refractivity contribution is 0.0371. The minimum Gasteiger partial charge on any atom is -0.494 e. The summed E-state index contributed by atoms with van der Waals surface area (Å²) >= 11 is 0. The average Bonchev–Trinajstić information content (AvgIpc) is 3.03. The molecule has 0 unspecified atom stereocenters. The van der Waals surface area contributed by atoms with Gasteiger partial charge in [-0.05, 0) is 32.0 Å². The standard InChI is InChI=1S/C18H16N2O7/c1-7(2)27-18(25)11-4-8-5-12(26-3)15-13(14(8)20-11)9(16(21)22)6-10(19-15)17(23)24/h4-7,20H,1-3H3,(H,21,22)(H,23,24). The fourth-order valence-corrected chi connectivity index (χ4v) is 2.80. The molecule has 0 radical (unpaired) electrons. The van der Waals surface area contributed by atoms with Crippen LogP contribution < -0.4 is 4.74 Å². The summed E-state index contributed by atoms with van der Waals surface area (Å²) in [5, 5.41) is 19.4. The van der Waals surface area contributed by atoms with E-state index in [0.29, 0.717) is 10.9 Å². The van der Waals surface area contributed by atoms with E-state index in [0.717, 1.165) is 6.07 Å². The Bertz CT molecular complexity index is 1100. The molecule has 3 aromatic rings. The second-order valence-corrected chi connectivity index (χ2v) is 6.07. The molecule has 0 aliphatic rings. The highest BCUT2D eigenvalue weighted by Crippen LogP contribution is 2.35. The number of esters is 1. The van der Waals surface area contributed by atoms with Crippen LogP contribution in [0, 0.1) is 0 Å². The van der Waals surface area contributed by atoms with Crippen molar-refractivity contribution in [3.63, 3.8) is 0 Å². The molecule has 2 heterocycles. The van der Waals surface area contributed by atoms with E-state index in [1.54, 1.807) is 19.9 Å². The summed E-state index contributed by atoms with van der Waals surface area (Å²) in [6.45, 7) is 3.41. The van der Waals surface area contributed by atoms with Crippen molar-refractivity contribution < 1.29 is 34.1 Å². The van der Waals surface area contributed by atoms with Gasteiger partial charge in [0.15, 0.2) is 0 Å². The van der Waals surface area contributed by atoms with Gasteiger partial charge in [-0.25, -0.2) is 19.4 Å². The summed E-state index contributed by atoms with van der Waals surface area (Å²) in [5.41, 5.74) is -0.182. The van der Waals surface area contributed by atoms with Gasteiger partial charge in [0, 0.05) is 10.8 Å². The van der Waals surface area contributed by atoms with Crippen LogP contribution in [-0.4, -0.2) is 51.3 Å². The van der Waals surface area contributed by atoms with E-state index in [9.17, 15) is 24.6 Å². The SMILES string of the molecule is COc1cc2cc(C(=O)OC(C)C)[nH]c2c2c(C(=O)O)cc(C(=O)O)nc12. The molecular formula is C18H16N2O7. The lowest BCUT2D eigenvalue weighted by atomic mass is 10.0. The number of carboxylic acid groups (broad SMARTS) is 2. The molecule has 9 heteroatoms. The lowest BCUT2D eigenvalue weighted by Gasteiger charge is -2.10. The van der Waals surface area contributed by atoms with Crippen LogP contribution in [0.3, 0.4) is 0 Å². The summed E-state index contributed by atoms with van der Waals surface area (Å²) in [6.07, 6.45) is -0.329. The van der Waals surface area contributed by atoms with Crippen LogP contribution in [0.25, 0.3) is 21.8 Å². The van der Waals surface area contributed by atoms with E-state index in [2.05, 4.69) is 9.97 Å². The summed E-state index contributed by atoms with van der Waals surface area (Å²) in [7, 11) is 1.36. The Kier molecular flexibility index (Phi) is 4.44. The topological polar surface area (TPSA) is 139 Å². The number of aromatic amines is 1. The molecule has 3 N–H and O–H groups in total. The van der Waals surface area contributed by atoms with Crippen molar-refractivity contribution in [2.75, 3.05) is 7.11 Å². The Hall–Kier alpha value is -3.62. The quantitative estimate of drug-likeness (QED) is 0.581. The predicted octanol–water partition coefficient (Wildman–Crippen LogP) is 2.69. The monoisotopic (exact) mass is 372 g/mol. The first-order valence-electron chi connectivity index (χ1n) is 7.95. The maximum atomic E-state index is 12.2. The second kappa shape index (κ2) is 6.60. The van der Waals surface area contributed by atoms with Crippen LogP contribution in [0.15, 0.2) is 18.2 Å². The van der Waals surface area contributed by atoms with Gasteiger partial charge >= 0.3 is 17.9 Å². The average molecular weight is 372 g/mol. The number of hydrogen-bond donors (Lipinski definition) is 3. The van der Waals surface area contributed by atoms with Gasteiger partial charge in [-0.3, -0.25) is 0 Å². The number of aromatic carboxylic acids is 2. The number of H-pyrrole nitrogens is 1. The van der Waals surface area contributed by atoms with Gasteiger partial charge in [0.05, 0.1) is 24.3 Å². The molecule has 0 atom stereocenters. The number of carbonyl (C=O) groups is 3. The first-order chi connectivity index (χ1) is 12.7. The number of fused-ring (bicyclic) bond motifs is 3. The predicted molar refractivity (Wildman–Crippen MR) is 94.6 cm³/mol. The number of carbonyl (C=O) groups excluding carboxylic acids is 1. The van der Waals surface area contributed by atoms with E-state index in [1.807, 2.05) is 0 Å². The van der Waals surface area contributed by atoms with E-state index in [4.69, 9.17) is 9.47 Å². The molecule has 1 aromatic carbocycles. The van der Waals surface area contributed by atoms with Crippen molar-refractivity contribution in [1.82, 2.24) is 9.97 Å². The second-order valence-electron chi connectivity index (χ2n) is 6.07. The molecule has 3 rings (SSSR count). The third-order valence-corrected chi connectivity index (χ3v) is 3.87. The number of nitrogens with one attached hydrogen (secondary N) is 1. The molecule has 2 aromatic heterocycles. The maximum absolute atomic E-state index is 12.2. The molecule has 0 bridgehead atoms. The Morgan fingerprint density at radius 3 is 2.37 bits per heavy atom. The lowest BCUT2D eigenvalue weighted by Crippen LogP contribution is -2.11. The first kappa shape index (κ1) is 18.2. The Morgan fingerprint density at radius 2 is 1.81 bits per heavy atom. The largest absolute Gasteiger partial charge is 0.494 e. The van der Waals surface area contributed by atoms with Crippen molar-refractivity contribution in [3.8, 4) is 5.75 Å². The molecule has 0 aliphatic heterocycles. The number of methoxy groups -OCH3 is 1. The maximum Gasteiger partial charge on any atom is 0.355 e. The fourth-order valence-electron chi connectivity index (χ4n) is 2.80. The molecule has 9 nitrogen and oxygen atoms in total. The van der Waals surface area contributed by atoms with Crippen LogP contribution in [0.5, 0.6) is 5.75 Å². The molecule has 0 spiro atoms. The third-order valence-electron chi connectivity index (χ3n) is 3.87. The van der Waals surface area contributed by atoms with Gasteiger partial charge in [0.25, 0.3) is 0 Å². The van der Waals surface area contributed by atoms with Crippen molar-refractivity contribution in [2.24, 2.45) is 0 Å². The highest BCUT2D eigenvalue weighted by atomic mass is 16.5. The van der Waals surface area contributed by atoms with Gasteiger partial charge in [0.1, 0.15) is 22.7 Å². The molecule has 27 heavy (non-hydrogen) atoms. The summed E-state index contributed by atoms with van der Waals surface area (Å²) < 4.78 is 10.4. The summed E-state index contributed by atoms with van der Waals surface area (Å²) in [5.74, 6) is -3.11. The van der Waals surface area contributed by atoms with Gasteiger partial charge in [0.2, 0.25) is 0 Å². The van der Waals surface area contributed by atoms with Crippen LogP contribution in [0.4, 0.5) is 0 Å². The van der Waals surface area contributed by atoms with Crippen molar-refractivity contribution >= 4 is 39.7 Å². The molecular weight excluding hydrogens is 356 g/mol. The third kappa shape index (κ3) is 3.14. The zero-order valence-corrected chi connectivity index (χ0v) is 14.7. The van der Waals surface area contributed by atoms with Gasteiger partial charge in [-0.2, -0.15) is 0 Å². The molecule has 0 amide bonds. The number of nitrogens with zero attached hydrogens (tertiary/aromatic N) is 1. The van der Waals surface area contributed by atoms with E-state index in [-0.39, 0.29) is 34.0 Å². The van der Waals surface area contributed by atoms with Crippen LogP contribution in [-0.2, 0) is 4.74 Å². The molecule has 0 saturated carbocycles. The smallest absolute Gasteiger partial charge is 0.355 e. The number of hydrogen-bond acceptors (Lipinski definition) is 6. The number of rotatable bonds is 5. The van der Waals surface area contributed by atoms with E-state index in [1.165, 1.54) is 13.2 Å². The number of carboxylic acids is 2. The zero-order valence-electron chi connectivity index (χ0n) is 14.7. The van der Waals surface area contributed by atoms with Crippen LogP contribution >= 0.6 is 0 Å². The van der Waals surface area contributed by atoms with Crippen molar-refractivity contribution in [3.05, 3.63) is 35.2 Å². The summed E-state index contributed by atoms with van der Waals surface area (Å²) in [4.78, 5) is 42.1. The van der Waals surface area contributed by atoms with E-state index < -0.39 is 23.6 Å². The van der Waals surface area contributed by atoms with Crippen molar-refractivity contribution in [2.45, 2.75) is 20.0 Å². The zero-order chi connectivity index (χ0) is 19.9. The Labute approximate surface area is 152 Å². The molecule has 0 fully saturated rings. The van der Waals surface area contributed by atoms with Gasteiger partial charge in [-0.15, -0.1) is 0 Å². The highest BCUT2D eigenvalue weighted by molar-refractivity contribution is 6.17. The Morgan fingerprint density at radius 1 is 1.11 bits per heavy atom. The first-order valence-corrected chi connectivity index (χ1v) is 7.95. The van der Waals surface area contributed by atoms with Crippen molar-refractivity contribution in [1.29, 1.82) is 0 Å². The van der Waals surface area contributed by atoms with Crippen LogP contribution in [0.1, 0.15) is 45.2 Å². The minimum atomic E-state index is -1.37. The van der Waals surface area contributed by atoms with Gasteiger partial charge < -0.3 is 24.7 Å². The Balaban J connectivity index is 2.40. The fraction of sp³-hybridized carbons (Fsp3) is 0.222. The van der Waals surface area contributed by atoms with Gasteiger partial charge in [-0.1, -0.05) is 0 Å². The molecule has 0 aliphatic carbocycles. The number of ether oxygens (including phenoxy) is 2. The van der Waals surface area contributed by atoms with Crippen LogP contribution in [0.2, 0.25) is 0 Å².